The molecule has 13 heteroatoms. The first-order chi connectivity index (χ1) is 21.7. The maximum absolute atomic E-state index is 12.9. The maximum atomic E-state index is 12.9. The molecule has 4 aromatic heterocycles. The van der Waals surface area contributed by atoms with Gasteiger partial charge in [0.1, 0.15) is 0 Å². The Morgan fingerprint density at radius 2 is 1.35 bits per heavy atom. The molecule has 0 aromatic carbocycles. The van der Waals surface area contributed by atoms with Crippen molar-refractivity contribution in [3.63, 3.8) is 0 Å². The van der Waals surface area contributed by atoms with Crippen LogP contribution in [0.3, 0.4) is 0 Å². The number of nitrogens with one attached hydrogen (secondary N) is 3. The lowest BCUT2D eigenvalue weighted by molar-refractivity contribution is 0.553. The third-order valence-corrected chi connectivity index (χ3v) is 9.51. The smallest absolute Gasteiger partial charge is 0.258 e. The van der Waals surface area contributed by atoms with E-state index in [9.17, 15) is 8.42 Å². The van der Waals surface area contributed by atoms with Crippen LogP contribution >= 0.6 is 0 Å². The molecule has 4 aromatic rings. The van der Waals surface area contributed by atoms with Gasteiger partial charge in [-0.2, -0.15) is 19.7 Å². The lowest BCUT2D eigenvalue weighted by Gasteiger charge is -2.18. The van der Waals surface area contributed by atoms with Crippen LogP contribution in [0.2, 0.25) is 0 Å². The summed E-state index contributed by atoms with van der Waals surface area (Å²) in [4.78, 5) is 9.51. The zero-order valence-corrected chi connectivity index (χ0v) is 30.1. The lowest BCUT2D eigenvalue weighted by Crippen LogP contribution is -2.23. The minimum absolute atomic E-state index is 0.0483. The number of unbranched alkanes of at least 4 members (excludes halogenated alkanes) is 10. The Morgan fingerprint density at radius 3 is 1.98 bits per heavy atom. The molecule has 0 saturated heterocycles. The molecular formula is C33H56N10O2S. The normalized spacial score (nSPS) is 13.4. The van der Waals surface area contributed by atoms with Gasteiger partial charge in [0, 0.05) is 28.2 Å². The summed E-state index contributed by atoms with van der Waals surface area (Å²) in [7, 11) is -3.57. The predicted molar refractivity (Wildman–Crippen MR) is 187 cm³/mol. The second-order valence-corrected chi connectivity index (χ2v) is 16.5. The average Bonchev–Trinajstić information content (AvgIpc) is 3.70. The minimum Gasteiger partial charge on any atom is -0.353 e. The Kier molecular flexibility index (Phi) is 11.7. The standard InChI is InChI=1S/C33H56N10O2S/c1-9-11-13-15-17-19-21-34-30-35-28-24(26(32(3,4)5)37-42(28)39-30)23-25-27(33(6,7)8)38-43-29(25)36-31(40-43)41-46(44,45)22-20-18-16-14-12-10-2/h23,38H,9-22H2,1-8H3,(H,34,39)(H,40,41). The van der Waals surface area contributed by atoms with Crippen molar-refractivity contribution in [3.8, 4) is 0 Å². The molecule has 46 heavy (non-hydrogen) atoms. The molecule has 12 nitrogen and oxygen atoms in total. The Morgan fingerprint density at radius 1 is 0.739 bits per heavy atom. The van der Waals surface area contributed by atoms with Crippen molar-refractivity contribution < 1.29 is 8.42 Å². The van der Waals surface area contributed by atoms with Crippen molar-refractivity contribution in [1.29, 1.82) is 0 Å². The van der Waals surface area contributed by atoms with Crippen LogP contribution in [0.15, 0.2) is 0 Å². The second kappa shape index (κ2) is 15.1. The summed E-state index contributed by atoms with van der Waals surface area (Å²) >= 11 is 0. The SMILES string of the molecule is CCCCCCCCNc1nc2c(=Cc3c(C(C)(C)C)[nH]n4nc(NS(=O)(=O)CCCCCCCC)nc34)c(C(C)(C)C)nn2n1. The number of rotatable bonds is 18. The van der Waals surface area contributed by atoms with Crippen molar-refractivity contribution >= 4 is 39.3 Å². The maximum Gasteiger partial charge on any atom is 0.258 e. The molecule has 0 atom stereocenters. The molecule has 4 heterocycles. The van der Waals surface area contributed by atoms with Crippen molar-refractivity contribution in [2.24, 2.45) is 0 Å². The van der Waals surface area contributed by atoms with E-state index >= 15 is 0 Å². The van der Waals surface area contributed by atoms with Crippen LogP contribution in [0, 0.1) is 0 Å². The molecule has 256 valence electrons. The quantitative estimate of drug-likeness (QED) is 0.103. The Labute approximate surface area is 274 Å². The van der Waals surface area contributed by atoms with E-state index in [0.717, 1.165) is 60.8 Å². The van der Waals surface area contributed by atoms with Crippen LogP contribution in [-0.2, 0) is 20.9 Å². The number of hydrogen-bond donors (Lipinski definition) is 3. The minimum atomic E-state index is -3.57. The van der Waals surface area contributed by atoms with E-state index in [2.05, 4.69) is 85.7 Å². The van der Waals surface area contributed by atoms with E-state index < -0.39 is 10.0 Å². The lowest BCUT2D eigenvalue weighted by atomic mass is 9.88. The summed E-state index contributed by atoms with van der Waals surface area (Å²) in [5.74, 6) is 0.663. The third-order valence-electron chi connectivity index (χ3n) is 8.19. The molecule has 0 saturated carbocycles. The van der Waals surface area contributed by atoms with Crippen LogP contribution in [0.5, 0.6) is 0 Å². The van der Waals surface area contributed by atoms with E-state index in [1.807, 2.05) is 6.08 Å². The Hall–Kier alpha value is -3.22. The summed E-state index contributed by atoms with van der Waals surface area (Å²) in [5, 5.41) is 21.6. The van der Waals surface area contributed by atoms with Gasteiger partial charge in [-0.1, -0.05) is 120 Å². The van der Waals surface area contributed by atoms with Gasteiger partial charge in [0.25, 0.3) is 5.95 Å². The predicted octanol–water partition coefficient (Wildman–Crippen LogP) is 6.51. The van der Waals surface area contributed by atoms with Crippen molar-refractivity contribution in [1.82, 2.24) is 39.6 Å². The molecule has 0 amide bonds. The molecule has 3 N–H and O–H groups in total. The van der Waals surface area contributed by atoms with Crippen LogP contribution in [0.1, 0.15) is 149 Å². The topological polar surface area (TPSA) is 147 Å². The summed E-state index contributed by atoms with van der Waals surface area (Å²) in [6, 6.07) is 0. The number of H-pyrrole nitrogens is 1. The van der Waals surface area contributed by atoms with Crippen LogP contribution in [0.4, 0.5) is 11.9 Å². The summed E-state index contributed by atoms with van der Waals surface area (Å²) < 4.78 is 31.5. The number of aromatic amines is 1. The highest BCUT2D eigenvalue weighted by atomic mass is 32.2. The number of sulfonamides is 1. The first-order valence-electron chi connectivity index (χ1n) is 17.3. The van der Waals surface area contributed by atoms with E-state index in [-0.39, 0.29) is 22.5 Å². The van der Waals surface area contributed by atoms with Gasteiger partial charge in [-0.3, -0.25) is 5.10 Å². The summed E-state index contributed by atoms with van der Waals surface area (Å²) in [6.07, 6.45) is 15.4. The molecular weight excluding hydrogens is 600 g/mol. The van der Waals surface area contributed by atoms with Crippen LogP contribution in [-0.4, -0.2) is 60.3 Å². The van der Waals surface area contributed by atoms with Gasteiger partial charge in [-0.05, 0) is 18.9 Å². The highest BCUT2D eigenvalue weighted by molar-refractivity contribution is 7.92. The zero-order chi connectivity index (χ0) is 33.5. The van der Waals surface area contributed by atoms with Crippen LogP contribution in [0.25, 0.3) is 17.4 Å². The first kappa shape index (κ1) is 35.6. The second-order valence-electron chi connectivity index (χ2n) is 14.6. The highest BCUT2D eigenvalue weighted by Gasteiger charge is 2.28. The van der Waals surface area contributed by atoms with E-state index in [1.54, 1.807) is 9.26 Å². The molecule has 0 unspecified atom stereocenters. The third kappa shape index (κ3) is 9.19. The fraction of sp³-hybridized carbons (Fsp3) is 0.727. The van der Waals surface area contributed by atoms with Crippen LogP contribution < -0.4 is 15.3 Å². The fourth-order valence-corrected chi connectivity index (χ4v) is 6.72. The van der Waals surface area contributed by atoms with Gasteiger partial charge in [-0.15, -0.1) is 14.8 Å². The van der Waals surface area contributed by atoms with Gasteiger partial charge in [0.2, 0.25) is 16.0 Å². The van der Waals surface area contributed by atoms with Crippen molar-refractivity contribution in [3.05, 3.63) is 22.2 Å². The number of hydrogen-bond acceptors (Lipinski definition) is 8. The molecule has 0 aliphatic carbocycles. The van der Waals surface area contributed by atoms with Gasteiger partial charge in [0.05, 0.1) is 17.1 Å². The van der Waals surface area contributed by atoms with E-state index in [4.69, 9.17) is 10.1 Å². The number of fused-ring (bicyclic) bond motifs is 2. The molecule has 4 rings (SSSR count). The molecule has 0 aliphatic heterocycles. The number of anilines is 2. The van der Waals surface area contributed by atoms with E-state index in [1.165, 1.54) is 38.5 Å². The molecule has 0 radical (unpaired) electrons. The van der Waals surface area contributed by atoms with Gasteiger partial charge >= 0.3 is 0 Å². The van der Waals surface area contributed by atoms with Gasteiger partial charge in [-0.25, -0.2) is 13.1 Å². The number of nitrogens with zero attached hydrogens (tertiary/aromatic N) is 7. The van der Waals surface area contributed by atoms with Crippen molar-refractivity contribution in [2.45, 2.75) is 143 Å². The average molecular weight is 657 g/mol. The molecule has 0 bridgehead atoms. The molecule has 0 aliphatic rings. The first-order valence-corrected chi connectivity index (χ1v) is 18.9. The zero-order valence-electron chi connectivity index (χ0n) is 29.3. The fourth-order valence-electron chi connectivity index (χ4n) is 5.66. The number of aromatic nitrogens is 8. The largest absolute Gasteiger partial charge is 0.353 e. The molecule has 0 fully saturated rings. The summed E-state index contributed by atoms with van der Waals surface area (Å²) in [6.45, 7) is 17.9. The monoisotopic (exact) mass is 656 g/mol. The van der Waals surface area contributed by atoms with Gasteiger partial charge < -0.3 is 5.32 Å². The Balaban J connectivity index is 1.65. The highest BCUT2D eigenvalue weighted by Crippen LogP contribution is 2.29. The Bertz CT molecular complexity index is 1720. The summed E-state index contributed by atoms with van der Waals surface area (Å²) in [5.41, 5.74) is 3.23. The van der Waals surface area contributed by atoms with Gasteiger partial charge in [0.15, 0.2) is 11.3 Å². The van der Waals surface area contributed by atoms with Crippen molar-refractivity contribution in [2.75, 3.05) is 22.3 Å². The molecule has 0 spiro atoms. The van der Waals surface area contributed by atoms with E-state index in [0.29, 0.717) is 23.7 Å².